The van der Waals surface area contributed by atoms with Crippen molar-refractivity contribution in [2.45, 2.75) is 19.3 Å². The molecule has 0 bridgehead atoms. The number of allylic oxidation sites excluding steroid dienone is 4. The van der Waals surface area contributed by atoms with E-state index in [1.807, 2.05) is 42.8 Å². The third-order valence-corrected chi connectivity index (χ3v) is 6.72. The highest BCUT2D eigenvalue weighted by atomic mass is 16.6. The smallest absolute Gasteiger partial charge is 0.280 e. The summed E-state index contributed by atoms with van der Waals surface area (Å²) in [4.78, 5) is 24.0. The molecule has 5 nitrogen and oxygen atoms in total. The van der Waals surface area contributed by atoms with Crippen molar-refractivity contribution >= 4 is 23.6 Å². The van der Waals surface area contributed by atoms with Gasteiger partial charge in [0.2, 0.25) is 0 Å². The van der Waals surface area contributed by atoms with Gasteiger partial charge in [-0.2, -0.15) is 0 Å². The van der Waals surface area contributed by atoms with E-state index in [1.165, 1.54) is 33.5 Å². The van der Waals surface area contributed by atoms with Gasteiger partial charge in [0.1, 0.15) is 0 Å². The summed E-state index contributed by atoms with van der Waals surface area (Å²) in [5.74, 6) is -0.516. The van der Waals surface area contributed by atoms with E-state index in [9.17, 15) is 14.9 Å². The van der Waals surface area contributed by atoms with Crippen LogP contribution in [-0.2, 0) is 12.8 Å². The van der Waals surface area contributed by atoms with E-state index in [0.29, 0.717) is 6.42 Å². The zero-order valence-electron chi connectivity index (χ0n) is 19.8. The number of nitro groups is 1. The largest absolute Gasteiger partial charge is 0.368 e. The highest BCUT2D eigenvalue weighted by Crippen LogP contribution is 2.28. The Morgan fingerprint density at radius 1 is 0.833 bits per heavy atom. The van der Waals surface area contributed by atoms with Crippen LogP contribution in [0.3, 0.4) is 0 Å². The van der Waals surface area contributed by atoms with Crippen LogP contribution in [0.25, 0.3) is 23.3 Å². The molecular formula is C31H26N2O3. The summed E-state index contributed by atoms with van der Waals surface area (Å²) in [6.45, 7) is 0. The van der Waals surface area contributed by atoms with E-state index >= 15 is 0 Å². The lowest BCUT2D eigenvalue weighted by atomic mass is 9.82. The average Bonchev–Trinajstić information content (AvgIpc) is 3.26. The number of carbonyl (C=O) groups excluding carboxylic acids is 1. The van der Waals surface area contributed by atoms with Crippen LogP contribution in [0.15, 0.2) is 97.4 Å². The second-order valence-electron chi connectivity index (χ2n) is 8.89. The number of rotatable bonds is 3. The maximum Gasteiger partial charge on any atom is 0.280 e. The summed E-state index contributed by atoms with van der Waals surface area (Å²) in [6.07, 6.45) is 18.2. The molecule has 0 aromatic heterocycles. The number of nitrogens with zero attached hydrogens (tertiary/aromatic N) is 1. The summed E-state index contributed by atoms with van der Waals surface area (Å²) in [5, 5.41) is 16.6. The van der Waals surface area contributed by atoms with Crippen LogP contribution in [0.5, 0.6) is 0 Å². The van der Waals surface area contributed by atoms with Gasteiger partial charge in [-0.1, -0.05) is 72.8 Å². The van der Waals surface area contributed by atoms with Crippen LogP contribution in [0.4, 0.5) is 5.69 Å². The Kier molecular flexibility index (Phi) is 6.72. The highest BCUT2D eigenvalue weighted by Gasteiger charge is 2.27. The minimum atomic E-state index is -0.476. The van der Waals surface area contributed by atoms with Crippen LogP contribution in [0.2, 0.25) is 0 Å². The van der Waals surface area contributed by atoms with Gasteiger partial charge in [-0.25, -0.2) is 0 Å². The molecule has 3 aliphatic rings. The molecule has 1 unspecified atom stereocenters. The van der Waals surface area contributed by atoms with Crippen LogP contribution in [-0.4, -0.2) is 10.7 Å². The fraction of sp³-hybridized carbons (Fsp3) is 0.129. The van der Waals surface area contributed by atoms with E-state index in [0.717, 1.165) is 18.1 Å². The molecule has 0 radical (unpaired) electrons. The first-order chi connectivity index (χ1) is 17.6. The van der Waals surface area contributed by atoms with Gasteiger partial charge in [-0.3, -0.25) is 14.9 Å². The van der Waals surface area contributed by atoms with Gasteiger partial charge in [-0.05, 0) is 70.2 Å². The lowest BCUT2D eigenvalue weighted by Crippen LogP contribution is -2.37. The fourth-order valence-corrected chi connectivity index (χ4v) is 4.97. The Bertz CT molecular complexity index is 1530. The second-order valence-corrected chi connectivity index (χ2v) is 8.89. The molecule has 178 valence electrons. The summed E-state index contributed by atoms with van der Waals surface area (Å²) in [7, 11) is 0. The number of hydrogen-bond acceptors (Lipinski definition) is 4. The molecule has 1 heterocycles. The number of nitro benzene ring substituents is 1. The SMILES string of the molecule is C1=CC=CNC=C1.O=C(c1ccccc1[N+](=O)[O-])C1C=c2c(ccc3c2=CCc2ccccc2-3)CC1. The molecule has 3 aromatic rings. The molecule has 3 aromatic carbocycles. The molecule has 36 heavy (non-hydrogen) atoms. The third-order valence-electron chi connectivity index (χ3n) is 6.72. The zero-order valence-corrected chi connectivity index (χ0v) is 19.8. The summed E-state index contributed by atoms with van der Waals surface area (Å²) in [6, 6.07) is 19.0. The second kappa shape index (κ2) is 10.4. The molecule has 0 spiro atoms. The molecule has 6 rings (SSSR count). The van der Waals surface area contributed by atoms with E-state index in [2.05, 4.69) is 47.8 Å². The molecule has 1 aliphatic heterocycles. The van der Waals surface area contributed by atoms with Crippen molar-refractivity contribution in [3.63, 3.8) is 0 Å². The number of nitrogens with one attached hydrogen (secondary N) is 1. The van der Waals surface area contributed by atoms with Crippen molar-refractivity contribution < 1.29 is 9.72 Å². The number of hydrogen-bond donors (Lipinski definition) is 1. The highest BCUT2D eigenvalue weighted by molar-refractivity contribution is 6.04. The van der Waals surface area contributed by atoms with Crippen LogP contribution < -0.4 is 15.8 Å². The minimum Gasteiger partial charge on any atom is -0.368 e. The molecule has 0 saturated heterocycles. The predicted molar refractivity (Wildman–Crippen MR) is 144 cm³/mol. The van der Waals surface area contributed by atoms with Crippen LogP contribution >= 0.6 is 0 Å². The van der Waals surface area contributed by atoms with Crippen molar-refractivity contribution in [3.8, 4) is 11.1 Å². The van der Waals surface area contributed by atoms with E-state index in [4.69, 9.17) is 0 Å². The van der Waals surface area contributed by atoms with E-state index in [-0.39, 0.29) is 23.0 Å². The fourth-order valence-electron chi connectivity index (χ4n) is 4.97. The number of fused-ring (bicyclic) bond motifs is 5. The monoisotopic (exact) mass is 474 g/mol. The van der Waals surface area contributed by atoms with Gasteiger partial charge < -0.3 is 5.32 Å². The quantitative estimate of drug-likeness (QED) is 0.330. The Morgan fingerprint density at radius 2 is 1.58 bits per heavy atom. The Hall–Kier alpha value is -4.51. The Balaban J connectivity index is 0.000000330. The van der Waals surface area contributed by atoms with Crippen molar-refractivity contribution in [2.75, 3.05) is 0 Å². The normalized spacial score (nSPS) is 16.4. The molecule has 1 N–H and O–H groups in total. The average molecular weight is 475 g/mol. The molecule has 1 atom stereocenters. The zero-order chi connectivity index (χ0) is 24.9. The lowest BCUT2D eigenvalue weighted by Gasteiger charge is -2.21. The summed E-state index contributed by atoms with van der Waals surface area (Å²) >= 11 is 0. The first-order valence-electron chi connectivity index (χ1n) is 12.1. The summed E-state index contributed by atoms with van der Waals surface area (Å²) < 4.78 is 0. The van der Waals surface area contributed by atoms with Gasteiger partial charge in [-0.15, -0.1) is 0 Å². The molecule has 5 heteroatoms. The van der Waals surface area contributed by atoms with Gasteiger partial charge in [0.05, 0.1) is 10.5 Å². The molecule has 2 aliphatic carbocycles. The predicted octanol–water partition coefficient (Wildman–Crippen LogP) is 5.00. The lowest BCUT2D eigenvalue weighted by molar-refractivity contribution is -0.385. The third kappa shape index (κ3) is 4.68. The number of carbonyl (C=O) groups is 1. The molecular weight excluding hydrogens is 448 g/mol. The topological polar surface area (TPSA) is 72.2 Å². The number of ketones is 1. The molecule has 0 fully saturated rings. The van der Waals surface area contributed by atoms with Crippen molar-refractivity contribution in [2.24, 2.45) is 5.92 Å². The number of para-hydroxylation sites is 1. The first-order valence-corrected chi connectivity index (χ1v) is 12.1. The van der Waals surface area contributed by atoms with Gasteiger partial charge in [0, 0.05) is 24.4 Å². The maximum absolute atomic E-state index is 13.2. The van der Waals surface area contributed by atoms with Crippen LogP contribution in [0.1, 0.15) is 27.9 Å². The summed E-state index contributed by atoms with van der Waals surface area (Å²) in [5.41, 5.74) is 5.07. The molecule has 0 amide bonds. The van der Waals surface area contributed by atoms with Crippen molar-refractivity contribution in [1.82, 2.24) is 5.32 Å². The standard InChI is InChI=1S/C25H19NO3.C6H7N/c27-25(22-7-3-4-8-24(22)26(28)29)18-10-9-17-12-13-20-19-6-2-1-5-16(19)11-14-21(20)23(17)15-18;1-2-4-6-7-5-3-1/h1-8,12-15,18H,9-11H2;1-7H. The van der Waals surface area contributed by atoms with Crippen LogP contribution in [0, 0.1) is 16.0 Å². The maximum atomic E-state index is 13.2. The molecule has 0 saturated carbocycles. The Labute approximate surface area is 209 Å². The van der Waals surface area contributed by atoms with Crippen molar-refractivity contribution in [3.05, 3.63) is 135 Å². The van der Waals surface area contributed by atoms with E-state index in [1.54, 1.807) is 18.2 Å². The Morgan fingerprint density at radius 3 is 2.39 bits per heavy atom. The van der Waals surface area contributed by atoms with Gasteiger partial charge >= 0.3 is 0 Å². The van der Waals surface area contributed by atoms with Crippen molar-refractivity contribution in [1.29, 1.82) is 0 Å². The number of aryl methyl sites for hydroxylation is 1. The van der Waals surface area contributed by atoms with Gasteiger partial charge in [0.15, 0.2) is 5.78 Å². The minimum absolute atomic E-state index is 0.118. The number of benzene rings is 3. The number of Topliss-reactive ketones (excluding diaryl/α,β-unsaturated/α-hetero) is 1. The van der Waals surface area contributed by atoms with Gasteiger partial charge in [0.25, 0.3) is 5.69 Å². The first kappa shape index (κ1) is 23.2. The van der Waals surface area contributed by atoms with E-state index < -0.39 is 4.92 Å².